The highest BCUT2D eigenvalue weighted by atomic mass is 19.1. The van der Waals surface area contributed by atoms with E-state index in [0.717, 1.165) is 44.8 Å². The molecule has 3 aliphatic heterocycles. The second-order valence-electron chi connectivity index (χ2n) is 9.22. The van der Waals surface area contributed by atoms with Crippen LogP contribution in [0.1, 0.15) is 5.56 Å². The predicted molar refractivity (Wildman–Crippen MR) is 133 cm³/mol. The summed E-state index contributed by atoms with van der Waals surface area (Å²) >= 11 is 0. The van der Waals surface area contributed by atoms with Crippen molar-refractivity contribution in [2.45, 2.75) is 6.54 Å². The molecule has 3 aliphatic rings. The molecular formula is C24H35FN8O. The zero-order valence-corrected chi connectivity index (χ0v) is 20.0. The van der Waals surface area contributed by atoms with Crippen LogP contribution >= 0.6 is 0 Å². The quantitative estimate of drug-likeness (QED) is 0.688. The van der Waals surface area contributed by atoms with Crippen LogP contribution in [0, 0.1) is 5.82 Å². The van der Waals surface area contributed by atoms with E-state index in [1.54, 1.807) is 0 Å². The van der Waals surface area contributed by atoms with Crippen molar-refractivity contribution in [2.24, 2.45) is 5.73 Å². The van der Waals surface area contributed by atoms with Gasteiger partial charge in [0.25, 0.3) is 0 Å². The van der Waals surface area contributed by atoms with Gasteiger partial charge in [-0.25, -0.2) is 0 Å². The number of ether oxygens (including phenoxy) is 1. The van der Waals surface area contributed by atoms with Crippen LogP contribution in [0.3, 0.4) is 0 Å². The summed E-state index contributed by atoms with van der Waals surface area (Å²) in [5.41, 5.74) is 8.03. The lowest BCUT2D eigenvalue weighted by atomic mass is 10.2. The molecular weight excluding hydrogens is 435 g/mol. The third-order valence-electron chi connectivity index (χ3n) is 7.02. The van der Waals surface area contributed by atoms with Crippen molar-refractivity contribution < 1.29 is 9.13 Å². The van der Waals surface area contributed by atoms with Gasteiger partial charge >= 0.3 is 0 Å². The molecule has 0 spiro atoms. The van der Waals surface area contributed by atoms with Gasteiger partial charge in [0.2, 0.25) is 11.8 Å². The van der Waals surface area contributed by atoms with Gasteiger partial charge in [-0.1, -0.05) is 12.1 Å². The highest BCUT2D eigenvalue weighted by molar-refractivity contribution is 5.59. The first-order valence-corrected chi connectivity index (χ1v) is 12.2. The van der Waals surface area contributed by atoms with Crippen molar-refractivity contribution in [3.8, 4) is 0 Å². The smallest absolute Gasteiger partial charge is 0.229 e. The van der Waals surface area contributed by atoms with Crippen molar-refractivity contribution in [3.63, 3.8) is 0 Å². The minimum atomic E-state index is -0.319. The van der Waals surface area contributed by atoms with E-state index in [0.29, 0.717) is 63.5 Å². The van der Waals surface area contributed by atoms with Gasteiger partial charge in [-0.15, -0.1) is 0 Å². The minimum absolute atomic E-state index is 0.319. The first-order valence-electron chi connectivity index (χ1n) is 12.2. The van der Waals surface area contributed by atoms with Gasteiger partial charge in [0.15, 0.2) is 11.6 Å². The Labute approximate surface area is 200 Å². The van der Waals surface area contributed by atoms with Gasteiger partial charge in [0.1, 0.15) is 0 Å². The Balaban J connectivity index is 1.38. The molecule has 0 saturated carbocycles. The number of likely N-dealkylation sites (N-methyl/N-ethyl adjacent to an activating group) is 1. The van der Waals surface area contributed by atoms with Gasteiger partial charge < -0.3 is 35.0 Å². The molecule has 1 aromatic heterocycles. The molecule has 10 heteroatoms. The number of nitrogens with zero attached hydrogens (tertiary/aromatic N) is 7. The van der Waals surface area contributed by atoms with Crippen molar-refractivity contribution in [1.82, 2.24) is 14.9 Å². The maximum absolute atomic E-state index is 15.9. The summed E-state index contributed by atoms with van der Waals surface area (Å²) in [7, 11) is 2.12. The molecule has 2 aromatic rings. The number of nitrogens with two attached hydrogens (primary N) is 1. The van der Waals surface area contributed by atoms with E-state index in [4.69, 9.17) is 20.4 Å². The Morgan fingerprint density at radius 3 is 1.88 bits per heavy atom. The Hall–Kier alpha value is -2.69. The molecule has 9 nitrogen and oxygen atoms in total. The van der Waals surface area contributed by atoms with E-state index in [9.17, 15) is 0 Å². The highest BCUT2D eigenvalue weighted by Crippen LogP contribution is 2.30. The van der Waals surface area contributed by atoms with Gasteiger partial charge in [0, 0.05) is 77.7 Å². The summed E-state index contributed by atoms with van der Waals surface area (Å²) in [5, 5.41) is 0. The molecule has 0 atom stereocenters. The summed E-state index contributed by atoms with van der Waals surface area (Å²) in [6, 6.07) is 8.38. The zero-order valence-electron chi connectivity index (χ0n) is 20.0. The lowest BCUT2D eigenvalue weighted by Gasteiger charge is -2.38. The summed E-state index contributed by atoms with van der Waals surface area (Å²) in [4.78, 5) is 20.4. The van der Waals surface area contributed by atoms with Crippen LogP contribution in [0.25, 0.3) is 0 Å². The number of piperazine rings is 2. The Morgan fingerprint density at radius 2 is 1.29 bits per heavy atom. The van der Waals surface area contributed by atoms with Crippen LogP contribution in [-0.2, 0) is 11.3 Å². The summed E-state index contributed by atoms with van der Waals surface area (Å²) in [6.45, 7) is 9.61. The van der Waals surface area contributed by atoms with E-state index in [-0.39, 0.29) is 5.82 Å². The maximum Gasteiger partial charge on any atom is 0.229 e. The average Bonchev–Trinajstić information content (AvgIpc) is 2.90. The van der Waals surface area contributed by atoms with Crippen molar-refractivity contribution >= 4 is 23.3 Å². The lowest BCUT2D eigenvalue weighted by Crippen LogP contribution is -2.48. The third-order valence-corrected chi connectivity index (χ3v) is 7.02. The van der Waals surface area contributed by atoms with Gasteiger partial charge in [-0.05, 0) is 24.7 Å². The van der Waals surface area contributed by atoms with Crippen LogP contribution in [-0.4, -0.2) is 101 Å². The molecule has 0 unspecified atom stereocenters. The lowest BCUT2D eigenvalue weighted by molar-refractivity contribution is 0.122. The number of anilines is 4. The fourth-order valence-electron chi connectivity index (χ4n) is 4.77. The summed E-state index contributed by atoms with van der Waals surface area (Å²) in [5.74, 6) is 1.14. The summed E-state index contributed by atoms with van der Waals surface area (Å²) < 4.78 is 21.3. The first-order chi connectivity index (χ1) is 16.6. The minimum Gasteiger partial charge on any atom is -0.378 e. The number of aromatic nitrogens is 2. The molecule has 1 aromatic carbocycles. The van der Waals surface area contributed by atoms with Crippen LogP contribution in [0.4, 0.5) is 27.7 Å². The van der Waals surface area contributed by atoms with Crippen LogP contribution in [0.2, 0.25) is 0 Å². The number of benzene rings is 1. The zero-order chi connectivity index (χ0) is 23.5. The number of hydrogen-bond donors (Lipinski definition) is 1. The van der Waals surface area contributed by atoms with E-state index in [1.165, 1.54) is 5.69 Å². The standard InChI is InChI=1S/C24H35FN8O/c1-29-6-8-33(9-7-29)24-27-22(21(25)23(28-24)32-14-16-34-17-15-32)31-12-10-30(11-13-31)20-4-2-19(18-26)3-5-20/h2-5H,6-18,26H2,1H3. The highest BCUT2D eigenvalue weighted by Gasteiger charge is 2.29. The molecule has 3 saturated heterocycles. The second-order valence-corrected chi connectivity index (χ2v) is 9.22. The number of halogens is 1. The SMILES string of the molecule is CN1CCN(c2nc(N3CCOCC3)c(F)c(N3CCN(c4ccc(CN)cc4)CC3)n2)CC1. The monoisotopic (exact) mass is 470 g/mol. The molecule has 184 valence electrons. The molecule has 34 heavy (non-hydrogen) atoms. The first kappa shape index (κ1) is 23.1. The van der Waals surface area contributed by atoms with Crippen LogP contribution in [0.15, 0.2) is 24.3 Å². The van der Waals surface area contributed by atoms with Crippen molar-refractivity contribution in [1.29, 1.82) is 0 Å². The van der Waals surface area contributed by atoms with E-state index in [1.807, 2.05) is 4.90 Å². The molecule has 2 N–H and O–H groups in total. The third kappa shape index (κ3) is 4.89. The molecule has 3 fully saturated rings. The van der Waals surface area contributed by atoms with Crippen molar-refractivity contribution in [2.75, 3.05) is 105 Å². The van der Waals surface area contributed by atoms with Gasteiger partial charge in [0.05, 0.1) is 13.2 Å². The normalized spacial score (nSPS) is 20.2. The van der Waals surface area contributed by atoms with E-state index < -0.39 is 0 Å². The Bertz CT molecular complexity index is 952. The number of rotatable bonds is 5. The van der Waals surface area contributed by atoms with E-state index >= 15 is 4.39 Å². The topological polar surface area (TPSA) is 77.2 Å². The molecule has 0 bridgehead atoms. The van der Waals surface area contributed by atoms with Gasteiger partial charge in [-0.2, -0.15) is 14.4 Å². The fraction of sp³-hybridized carbons (Fsp3) is 0.583. The molecule has 0 amide bonds. The number of hydrogen-bond acceptors (Lipinski definition) is 9. The largest absolute Gasteiger partial charge is 0.378 e. The molecule has 5 rings (SSSR count). The van der Waals surface area contributed by atoms with E-state index in [2.05, 4.69) is 50.9 Å². The Kier molecular flexibility index (Phi) is 6.98. The van der Waals surface area contributed by atoms with Gasteiger partial charge in [-0.3, -0.25) is 0 Å². The van der Waals surface area contributed by atoms with Crippen molar-refractivity contribution in [3.05, 3.63) is 35.6 Å². The maximum atomic E-state index is 15.9. The molecule has 4 heterocycles. The number of morpholine rings is 1. The molecule has 0 radical (unpaired) electrons. The summed E-state index contributed by atoms with van der Waals surface area (Å²) in [6.07, 6.45) is 0. The Morgan fingerprint density at radius 1 is 0.765 bits per heavy atom. The van der Waals surface area contributed by atoms with Crippen LogP contribution in [0.5, 0.6) is 0 Å². The average molecular weight is 471 g/mol. The second kappa shape index (κ2) is 10.3. The fourth-order valence-corrected chi connectivity index (χ4v) is 4.77. The predicted octanol–water partition coefficient (Wildman–Crippen LogP) is 0.989. The van der Waals surface area contributed by atoms with Crippen LogP contribution < -0.4 is 25.3 Å². The molecule has 0 aliphatic carbocycles.